The largest absolute Gasteiger partial charge is 0.480 e. The molecule has 26 heavy (non-hydrogen) atoms. The molecule has 3 rings (SSSR count). The number of hydrogen-bond acceptors (Lipinski definition) is 4. The maximum atomic E-state index is 12.8. The summed E-state index contributed by atoms with van der Waals surface area (Å²) in [6, 6.07) is -0.639. The van der Waals surface area contributed by atoms with E-state index in [2.05, 4.69) is 5.32 Å². The quantitative estimate of drug-likeness (QED) is 0.770. The summed E-state index contributed by atoms with van der Waals surface area (Å²) >= 11 is 0. The van der Waals surface area contributed by atoms with Crippen molar-refractivity contribution in [3.8, 4) is 0 Å². The van der Waals surface area contributed by atoms with Crippen molar-refractivity contribution in [1.82, 2.24) is 10.2 Å². The van der Waals surface area contributed by atoms with Crippen LogP contribution in [0.3, 0.4) is 0 Å². The average molecular weight is 366 g/mol. The lowest BCUT2D eigenvalue weighted by molar-refractivity contribution is -0.150. The van der Waals surface area contributed by atoms with Crippen molar-refractivity contribution in [3.63, 3.8) is 0 Å². The molecule has 2 atom stereocenters. The smallest absolute Gasteiger partial charge is 0.326 e. The standard InChI is InChI=1S/C19H30N2O5/c1-26-15-10-16(19(24)25)21(11-15)18(23)13-6-8-14(9-7-13)20-17(22)12-4-2-3-5-12/h12-16H,2-11H2,1H3,(H,20,22)(H,24,25). The molecule has 1 saturated heterocycles. The molecule has 1 aliphatic heterocycles. The molecule has 2 amide bonds. The molecule has 0 bridgehead atoms. The highest BCUT2D eigenvalue weighted by Gasteiger charge is 2.42. The van der Waals surface area contributed by atoms with Crippen LogP contribution in [-0.4, -0.2) is 59.6 Å². The van der Waals surface area contributed by atoms with Crippen LogP contribution in [0.5, 0.6) is 0 Å². The Morgan fingerprint density at radius 2 is 1.65 bits per heavy atom. The summed E-state index contributed by atoms with van der Waals surface area (Å²) < 4.78 is 5.26. The van der Waals surface area contributed by atoms with Crippen LogP contribution < -0.4 is 5.32 Å². The van der Waals surface area contributed by atoms with Crippen LogP contribution in [0.25, 0.3) is 0 Å². The van der Waals surface area contributed by atoms with Gasteiger partial charge in [0, 0.05) is 38.0 Å². The first kappa shape index (κ1) is 19.1. The van der Waals surface area contributed by atoms with Gasteiger partial charge in [-0.25, -0.2) is 4.79 Å². The molecule has 2 aliphatic carbocycles. The highest BCUT2D eigenvalue weighted by molar-refractivity contribution is 5.86. The summed E-state index contributed by atoms with van der Waals surface area (Å²) in [5.41, 5.74) is 0. The van der Waals surface area contributed by atoms with Gasteiger partial charge in [0.05, 0.1) is 6.10 Å². The van der Waals surface area contributed by atoms with E-state index in [4.69, 9.17) is 4.74 Å². The Balaban J connectivity index is 1.50. The molecule has 3 aliphatic rings. The van der Waals surface area contributed by atoms with Gasteiger partial charge in [-0.15, -0.1) is 0 Å². The molecule has 2 N–H and O–H groups in total. The topological polar surface area (TPSA) is 95.9 Å². The van der Waals surface area contributed by atoms with E-state index < -0.39 is 12.0 Å². The minimum absolute atomic E-state index is 0.0717. The molecule has 146 valence electrons. The van der Waals surface area contributed by atoms with Gasteiger partial charge in [-0.2, -0.15) is 0 Å². The first-order valence-corrected chi connectivity index (χ1v) is 9.86. The van der Waals surface area contributed by atoms with E-state index in [1.807, 2.05) is 0 Å². The fraction of sp³-hybridized carbons (Fsp3) is 0.842. The highest BCUT2D eigenvalue weighted by Crippen LogP contribution is 2.31. The number of carboxylic acids is 1. The van der Waals surface area contributed by atoms with Gasteiger partial charge < -0.3 is 20.1 Å². The number of aliphatic carboxylic acids is 1. The minimum Gasteiger partial charge on any atom is -0.480 e. The van der Waals surface area contributed by atoms with Crippen molar-refractivity contribution < 1.29 is 24.2 Å². The first-order chi connectivity index (χ1) is 12.5. The molecule has 2 saturated carbocycles. The van der Waals surface area contributed by atoms with E-state index in [0.717, 1.165) is 38.5 Å². The molecule has 0 spiro atoms. The molecule has 7 nitrogen and oxygen atoms in total. The monoisotopic (exact) mass is 366 g/mol. The number of carbonyl (C=O) groups excluding carboxylic acids is 2. The zero-order chi connectivity index (χ0) is 18.7. The number of methoxy groups -OCH3 is 1. The van der Waals surface area contributed by atoms with Gasteiger partial charge in [-0.1, -0.05) is 12.8 Å². The molecule has 0 aromatic rings. The third kappa shape index (κ3) is 4.19. The lowest BCUT2D eigenvalue weighted by atomic mass is 9.84. The lowest BCUT2D eigenvalue weighted by Gasteiger charge is -2.32. The van der Waals surface area contributed by atoms with E-state index in [0.29, 0.717) is 25.8 Å². The van der Waals surface area contributed by atoms with E-state index in [9.17, 15) is 19.5 Å². The summed E-state index contributed by atoms with van der Waals surface area (Å²) in [6.45, 7) is 0.352. The normalized spacial score (nSPS) is 32.6. The average Bonchev–Trinajstić information content (AvgIpc) is 3.31. The van der Waals surface area contributed by atoms with Gasteiger partial charge in [0.2, 0.25) is 11.8 Å². The number of carbonyl (C=O) groups is 3. The number of hydrogen-bond donors (Lipinski definition) is 2. The molecule has 1 heterocycles. The summed E-state index contributed by atoms with van der Waals surface area (Å²) in [7, 11) is 1.55. The van der Waals surface area contributed by atoms with Gasteiger partial charge in [0.15, 0.2) is 0 Å². The van der Waals surface area contributed by atoms with Crippen LogP contribution in [0.15, 0.2) is 0 Å². The number of amides is 2. The summed E-state index contributed by atoms with van der Waals surface area (Å²) in [6.07, 6.45) is 7.39. The Morgan fingerprint density at radius 3 is 2.23 bits per heavy atom. The van der Waals surface area contributed by atoms with Crippen molar-refractivity contribution >= 4 is 17.8 Å². The van der Waals surface area contributed by atoms with Crippen LogP contribution in [0.2, 0.25) is 0 Å². The Hall–Kier alpha value is -1.63. The second kappa shape index (κ2) is 8.37. The lowest BCUT2D eigenvalue weighted by Crippen LogP contribution is -2.46. The van der Waals surface area contributed by atoms with Crippen molar-refractivity contribution in [2.24, 2.45) is 11.8 Å². The van der Waals surface area contributed by atoms with Crippen LogP contribution in [0, 0.1) is 11.8 Å². The molecule has 0 aromatic heterocycles. The second-order valence-electron chi connectivity index (χ2n) is 7.98. The molecular formula is C19H30N2O5. The maximum Gasteiger partial charge on any atom is 0.326 e. The molecule has 0 aromatic carbocycles. The fourth-order valence-corrected chi connectivity index (χ4v) is 4.67. The number of nitrogens with one attached hydrogen (secondary N) is 1. The number of likely N-dealkylation sites (tertiary alicyclic amines) is 1. The van der Waals surface area contributed by atoms with Crippen molar-refractivity contribution in [1.29, 1.82) is 0 Å². The third-order valence-electron chi connectivity index (χ3n) is 6.31. The van der Waals surface area contributed by atoms with Crippen LogP contribution in [-0.2, 0) is 19.1 Å². The molecule has 3 fully saturated rings. The molecule has 0 radical (unpaired) electrons. The Morgan fingerprint density at radius 1 is 1.00 bits per heavy atom. The number of nitrogens with zero attached hydrogens (tertiary/aromatic N) is 1. The highest BCUT2D eigenvalue weighted by atomic mass is 16.5. The molecule has 7 heteroatoms. The number of rotatable bonds is 5. The van der Waals surface area contributed by atoms with Gasteiger partial charge >= 0.3 is 5.97 Å². The number of carboxylic acid groups (broad SMARTS) is 1. The van der Waals surface area contributed by atoms with Crippen LogP contribution in [0.1, 0.15) is 57.8 Å². The van der Waals surface area contributed by atoms with E-state index in [1.165, 1.54) is 4.90 Å². The van der Waals surface area contributed by atoms with E-state index >= 15 is 0 Å². The number of ether oxygens (including phenoxy) is 1. The summed E-state index contributed by atoms with van der Waals surface area (Å²) in [5.74, 6) is -0.841. The van der Waals surface area contributed by atoms with Gasteiger partial charge in [-0.05, 0) is 38.5 Å². The Kier molecular flexibility index (Phi) is 6.16. The summed E-state index contributed by atoms with van der Waals surface area (Å²) in [5, 5.41) is 12.5. The predicted octanol–water partition coefficient (Wildman–Crippen LogP) is 1.55. The second-order valence-corrected chi connectivity index (χ2v) is 7.98. The van der Waals surface area contributed by atoms with E-state index in [-0.39, 0.29) is 35.8 Å². The fourth-order valence-electron chi connectivity index (χ4n) is 4.67. The molecule has 2 unspecified atom stereocenters. The van der Waals surface area contributed by atoms with E-state index in [1.54, 1.807) is 7.11 Å². The molecular weight excluding hydrogens is 336 g/mol. The van der Waals surface area contributed by atoms with Gasteiger partial charge in [-0.3, -0.25) is 9.59 Å². The van der Waals surface area contributed by atoms with Gasteiger partial charge in [0.25, 0.3) is 0 Å². The zero-order valence-corrected chi connectivity index (χ0v) is 15.5. The zero-order valence-electron chi connectivity index (χ0n) is 15.5. The Labute approximate surface area is 154 Å². The van der Waals surface area contributed by atoms with Crippen molar-refractivity contribution in [2.75, 3.05) is 13.7 Å². The summed E-state index contributed by atoms with van der Waals surface area (Å²) in [4.78, 5) is 38.0. The van der Waals surface area contributed by atoms with Gasteiger partial charge in [0.1, 0.15) is 6.04 Å². The van der Waals surface area contributed by atoms with Crippen molar-refractivity contribution in [2.45, 2.75) is 76.0 Å². The predicted molar refractivity (Wildman–Crippen MR) is 94.4 cm³/mol. The van der Waals surface area contributed by atoms with Crippen molar-refractivity contribution in [3.05, 3.63) is 0 Å². The minimum atomic E-state index is -0.963. The van der Waals surface area contributed by atoms with Crippen LogP contribution in [0.4, 0.5) is 0 Å². The van der Waals surface area contributed by atoms with Crippen LogP contribution >= 0.6 is 0 Å². The first-order valence-electron chi connectivity index (χ1n) is 9.86. The SMILES string of the molecule is COC1CC(C(=O)O)N(C(=O)C2CCC(NC(=O)C3CCCC3)CC2)C1. The third-order valence-corrected chi connectivity index (χ3v) is 6.31. The maximum absolute atomic E-state index is 12.8. The Bertz CT molecular complexity index is 538.